The van der Waals surface area contributed by atoms with Crippen LogP contribution >= 0.6 is 11.3 Å². The summed E-state index contributed by atoms with van der Waals surface area (Å²) in [5.41, 5.74) is 1.02. The molecule has 1 aliphatic heterocycles. The predicted molar refractivity (Wildman–Crippen MR) is 86.8 cm³/mol. The number of carbonyl (C=O) groups excluding carboxylic acids is 1. The number of hydrogen-bond donors (Lipinski definition) is 2. The number of urea groups is 1. The summed E-state index contributed by atoms with van der Waals surface area (Å²) in [6.45, 7) is 5.24. The first-order chi connectivity index (χ1) is 10.5. The molecule has 0 spiro atoms. The third kappa shape index (κ3) is 3.60. The van der Waals surface area contributed by atoms with Gasteiger partial charge in [-0.05, 0) is 45.4 Å². The van der Waals surface area contributed by atoms with E-state index in [9.17, 15) is 9.90 Å². The predicted octanol–water partition coefficient (Wildman–Crippen LogP) is 2.71. The zero-order valence-electron chi connectivity index (χ0n) is 13.3. The van der Waals surface area contributed by atoms with Crippen LogP contribution in [0, 0.1) is 18.8 Å². The van der Waals surface area contributed by atoms with Crippen molar-refractivity contribution in [1.29, 1.82) is 0 Å². The highest BCUT2D eigenvalue weighted by molar-refractivity contribution is 7.09. The number of nitrogens with one attached hydrogen (secondary N) is 1. The van der Waals surface area contributed by atoms with E-state index in [1.165, 1.54) is 12.8 Å². The molecule has 6 heteroatoms. The monoisotopic (exact) mass is 323 g/mol. The number of aryl methyl sites for hydroxylation is 1. The first-order valence-corrected chi connectivity index (χ1v) is 9.08. The largest absolute Gasteiger partial charge is 0.393 e. The van der Waals surface area contributed by atoms with Crippen LogP contribution in [-0.2, 0) is 0 Å². The molecular weight excluding hydrogens is 298 g/mol. The average molecular weight is 323 g/mol. The van der Waals surface area contributed by atoms with Crippen LogP contribution < -0.4 is 5.32 Å². The molecule has 1 saturated heterocycles. The fraction of sp³-hybridized carbons (Fsp3) is 0.750. The van der Waals surface area contributed by atoms with Crippen LogP contribution in [0.25, 0.3) is 0 Å². The second kappa shape index (κ2) is 6.54. The summed E-state index contributed by atoms with van der Waals surface area (Å²) >= 11 is 1.64. The fourth-order valence-corrected chi connectivity index (χ4v) is 4.08. The molecule has 1 aliphatic carbocycles. The van der Waals surface area contributed by atoms with Crippen LogP contribution in [0.3, 0.4) is 0 Å². The zero-order valence-corrected chi connectivity index (χ0v) is 14.1. The van der Waals surface area contributed by atoms with Crippen molar-refractivity contribution in [3.63, 3.8) is 0 Å². The standard InChI is InChI=1S/C16H25N3O2S/c1-10-9-22-15(17-10)14(12-5-6-12)18-16(21)19-7-3-4-13(8-19)11(2)20/h9,11-14,20H,3-8H2,1-2H3,(H,18,21). The highest BCUT2D eigenvalue weighted by atomic mass is 32.1. The molecule has 2 aliphatic rings. The third-order valence-electron chi connectivity index (χ3n) is 4.70. The Labute approximate surface area is 135 Å². The minimum atomic E-state index is -0.351. The number of carbonyl (C=O) groups is 1. The van der Waals surface area contributed by atoms with E-state index in [4.69, 9.17) is 0 Å². The van der Waals surface area contributed by atoms with Crippen molar-refractivity contribution in [2.24, 2.45) is 11.8 Å². The van der Waals surface area contributed by atoms with Gasteiger partial charge in [0.1, 0.15) is 5.01 Å². The second-order valence-electron chi connectivity index (χ2n) is 6.68. The van der Waals surface area contributed by atoms with Gasteiger partial charge in [0, 0.05) is 30.1 Å². The molecule has 2 fully saturated rings. The fourth-order valence-electron chi connectivity index (χ4n) is 3.14. The molecule has 1 aromatic heterocycles. The zero-order chi connectivity index (χ0) is 15.7. The Bertz CT molecular complexity index is 527. The Hall–Kier alpha value is -1.14. The molecule has 2 amide bonds. The molecule has 0 aromatic carbocycles. The van der Waals surface area contributed by atoms with Gasteiger partial charge in [-0.25, -0.2) is 9.78 Å². The maximum Gasteiger partial charge on any atom is 0.317 e. The van der Waals surface area contributed by atoms with Gasteiger partial charge in [-0.3, -0.25) is 0 Å². The van der Waals surface area contributed by atoms with Crippen molar-refractivity contribution in [2.45, 2.75) is 51.7 Å². The van der Waals surface area contributed by atoms with E-state index >= 15 is 0 Å². The number of nitrogens with zero attached hydrogens (tertiary/aromatic N) is 2. The summed E-state index contributed by atoms with van der Waals surface area (Å²) in [5.74, 6) is 0.729. The van der Waals surface area contributed by atoms with Crippen molar-refractivity contribution in [3.05, 3.63) is 16.1 Å². The lowest BCUT2D eigenvalue weighted by molar-refractivity contribution is 0.0731. The molecule has 22 heavy (non-hydrogen) atoms. The summed E-state index contributed by atoms with van der Waals surface area (Å²) in [4.78, 5) is 19.0. The molecule has 122 valence electrons. The second-order valence-corrected chi connectivity index (χ2v) is 7.57. The van der Waals surface area contributed by atoms with Crippen molar-refractivity contribution in [3.8, 4) is 0 Å². The van der Waals surface area contributed by atoms with Gasteiger partial charge in [0.2, 0.25) is 0 Å². The highest BCUT2D eigenvalue weighted by Gasteiger charge is 2.36. The molecular formula is C16H25N3O2S. The number of hydrogen-bond acceptors (Lipinski definition) is 4. The van der Waals surface area contributed by atoms with Crippen LogP contribution in [0.15, 0.2) is 5.38 Å². The normalized spacial score (nSPS) is 24.9. The van der Waals surface area contributed by atoms with Crippen LogP contribution in [0.1, 0.15) is 49.4 Å². The van der Waals surface area contributed by atoms with Gasteiger partial charge in [0.25, 0.3) is 0 Å². The highest BCUT2D eigenvalue weighted by Crippen LogP contribution is 2.42. The lowest BCUT2D eigenvalue weighted by Crippen LogP contribution is -2.48. The summed E-state index contributed by atoms with van der Waals surface area (Å²) in [5, 5.41) is 16.0. The number of piperidine rings is 1. The van der Waals surface area contributed by atoms with Crippen LogP contribution in [-0.4, -0.2) is 40.2 Å². The maximum absolute atomic E-state index is 12.6. The van der Waals surface area contributed by atoms with Crippen LogP contribution in [0.2, 0.25) is 0 Å². The molecule has 0 radical (unpaired) electrons. The Morgan fingerprint density at radius 2 is 2.23 bits per heavy atom. The molecule has 3 unspecified atom stereocenters. The molecule has 3 rings (SSSR count). The Kier molecular flexibility index (Phi) is 4.68. The van der Waals surface area contributed by atoms with Crippen molar-refractivity contribution in [2.75, 3.05) is 13.1 Å². The first kappa shape index (κ1) is 15.7. The van der Waals surface area contributed by atoms with Gasteiger partial charge in [-0.15, -0.1) is 11.3 Å². The maximum atomic E-state index is 12.6. The molecule has 2 heterocycles. The van der Waals surface area contributed by atoms with Gasteiger partial charge in [-0.2, -0.15) is 0 Å². The Morgan fingerprint density at radius 3 is 2.82 bits per heavy atom. The first-order valence-electron chi connectivity index (χ1n) is 8.20. The number of likely N-dealkylation sites (tertiary alicyclic amines) is 1. The SMILES string of the molecule is Cc1csc(C(NC(=O)N2CCCC(C(C)O)C2)C2CC2)n1. The number of rotatable bonds is 4. The van der Waals surface area contributed by atoms with Gasteiger partial charge >= 0.3 is 6.03 Å². The molecule has 0 bridgehead atoms. The molecule has 3 atom stereocenters. The van der Waals surface area contributed by atoms with Gasteiger partial charge in [0.05, 0.1) is 12.1 Å². The topological polar surface area (TPSA) is 65.5 Å². The lowest BCUT2D eigenvalue weighted by Gasteiger charge is -2.35. The number of amides is 2. The smallest absolute Gasteiger partial charge is 0.317 e. The van der Waals surface area contributed by atoms with E-state index in [1.54, 1.807) is 11.3 Å². The minimum Gasteiger partial charge on any atom is -0.393 e. The molecule has 1 aromatic rings. The van der Waals surface area contributed by atoms with Crippen LogP contribution in [0.4, 0.5) is 4.79 Å². The van der Waals surface area contributed by atoms with Crippen molar-refractivity contribution < 1.29 is 9.90 Å². The number of thiazole rings is 1. The Morgan fingerprint density at radius 1 is 1.45 bits per heavy atom. The van der Waals surface area contributed by atoms with E-state index in [0.717, 1.165) is 30.1 Å². The van der Waals surface area contributed by atoms with Crippen molar-refractivity contribution in [1.82, 2.24) is 15.2 Å². The third-order valence-corrected chi connectivity index (χ3v) is 5.75. The van der Waals surface area contributed by atoms with E-state index in [-0.39, 0.29) is 24.1 Å². The quantitative estimate of drug-likeness (QED) is 0.895. The number of aliphatic hydroxyl groups excluding tert-OH is 1. The number of aromatic nitrogens is 1. The Balaban J connectivity index is 1.64. The van der Waals surface area contributed by atoms with Crippen molar-refractivity contribution >= 4 is 17.4 Å². The van der Waals surface area contributed by atoms with Gasteiger partial charge in [-0.1, -0.05) is 0 Å². The van der Waals surface area contributed by atoms with Gasteiger partial charge in [0.15, 0.2) is 0 Å². The lowest BCUT2D eigenvalue weighted by atomic mass is 9.94. The molecule has 5 nitrogen and oxygen atoms in total. The van der Waals surface area contributed by atoms with Gasteiger partial charge < -0.3 is 15.3 Å². The average Bonchev–Trinajstić information content (AvgIpc) is 3.26. The van der Waals surface area contributed by atoms with Crippen LogP contribution in [0.5, 0.6) is 0 Å². The van der Waals surface area contributed by atoms with E-state index in [1.807, 2.05) is 24.1 Å². The summed E-state index contributed by atoms with van der Waals surface area (Å²) in [6, 6.07) is 0.0493. The molecule has 2 N–H and O–H groups in total. The molecule has 1 saturated carbocycles. The summed E-state index contributed by atoms with van der Waals surface area (Å²) in [6.07, 6.45) is 3.95. The van der Waals surface area contributed by atoms with E-state index in [0.29, 0.717) is 12.5 Å². The minimum absolute atomic E-state index is 0.00453. The summed E-state index contributed by atoms with van der Waals surface area (Å²) < 4.78 is 0. The van der Waals surface area contributed by atoms with E-state index in [2.05, 4.69) is 10.3 Å². The number of aliphatic hydroxyl groups is 1. The summed E-state index contributed by atoms with van der Waals surface area (Å²) in [7, 11) is 0. The van der Waals surface area contributed by atoms with E-state index < -0.39 is 0 Å².